The number of para-hydroxylation sites is 1. The van der Waals surface area contributed by atoms with E-state index in [1.54, 1.807) is 6.07 Å². The summed E-state index contributed by atoms with van der Waals surface area (Å²) in [5, 5.41) is 0.811. The molecule has 0 N–H and O–H groups in total. The van der Waals surface area contributed by atoms with Gasteiger partial charge in [0.05, 0.1) is 6.26 Å². The summed E-state index contributed by atoms with van der Waals surface area (Å²) < 4.78 is 15.4. The van der Waals surface area contributed by atoms with Crippen LogP contribution < -0.4 is 0 Å². The number of hydrogen-bond acceptors (Lipinski definition) is 5. The smallest absolute Gasteiger partial charge is 0.348 e. The topological polar surface area (TPSA) is 65.7 Å². The number of carbonyl (C=O) groups excluding carboxylic acids is 2. The second-order valence-electron chi connectivity index (χ2n) is 4.92. The number of cyclic esters (lactones) is 2. The van der Waals surface area contributed by atoms with E-state index in [9.17, 15) is 9.59 Å². The van der Waals surface area contributed by atoms with Crippen LogP contribution in [0.5, 0.6) is 0 Å². The average Bonchev–Trinajstić information content (AvgIpc) is 2.76. The maximum atomic E-state index is 11.9. The van der Waals surface area contributed by atoms with Crippen LogP contribution in [-0.4, -0.2) is 17.7 Å². The fraction of sp³-hybridized carbons (Fsp3) is 0.200. The lowest BCUT2D eigenvalue weighted by Gasteiger charge is -2.29. The first-order valence-corrected chi connectivity index (χ1v) is 6.11. The molecule has 1 aliphatic rings. The molecule has 0 saturated carbocycles. The summed E-state index contributed by atoms with van der Waals surface area (Å²) in [6, 6.07) is 7.33. The van der Waals surface area contributed by atoms with E-state index >= 15 is 0 Å². The Labute approximate surface area is 114 Å². The van der Waals surface area contributed by atoms with Crippen molar-refractivity contribution in [2.45, 2.75) is 19.6 Å². The normalized spacial score (nSPS) is 17.8. The molecule has 5 nitrogen and oxygen atoms in total. The molecule has 0 radical (unpaired) electrons. The average molecular weight is 272 g/mol. The monoisotopic (exact) mass is 272 g/mol. The fourth-order valence-corrected chi connectivity index (χ4v) is 2.04. The van der Waals surface area contributed by atoms with E-state index in [4.69, 9.17) is 13.9 Å². The number of benzene rings is 1. The molecule has 3 rings (SSSR count). The molecule has 2 aromatic rings. The van der Waals surface area contributed by atoms with Gasteiger partial charge in [-0.3, -0.25) is 0 Å². The zero-order valence-corrected chi connectivity index (χ0v) is 11.0. The Bertz CT molecular complexity index is 714. The summed E-state index contributed by atoms with van der Waals surface area (Å²) in [5.41, 5.74) is 1.16. The van der Waals surface area contributed by atoms with E-state index in [0.29, 0.717) is 11.1 Å². The molecule has 1 aliphatic heterocycles. The van der Waals surface area contributed by atoms with Gasteiger partial charge in [-0.15, -0.1) is 0 Å². The van der Waals surface area contributed by atoms with Crippen molar-refractivity contribution >= 4 is 29.0 Å². The van der Waals surface area contributed by atoms with Crippen molar-refractivity contribution in [2.24, 2.45) is 0 Å². The van der Waals surface area contributed by atoms with Crippen molar-refractivity contribution in [3.8, 4) is 0 Å². The van der Waals surface area contributed by atoms with E-state index in [-0.39, 0.29) is 5.57 Å². The number of rotatable bonds is 1. The molecule has 0 spiro atoms. The SMILES string of the molecule is CC1(C)OC(=O)C(=Cc2coc3ccccc23)C(=O)O1. The van der Waals surface area contributed by atoms with Crippen molar-refractivity contribution in [3.63, 3.8) is 0 Å². The van der Waals surface area contributed by atoms with E-state index in [0.717, 1.165) is 5.39 Å². The molecule has 5 heteroatoms. The van der Waals surface area contributed by atoms with Crippen LogP contribution >= 0.6 is 0 Å². The number of fused-ring (bicyclic) bond motifs is 1. The minimum atomic E-state index is -1.23. The van der Waals surface area contributed by atoms with Gasteiger partial charge in [-0.25, -0.2) is 9.59 Å². The van der Waals surface area contributed by atoms with Gasteiger partial charge in [0.2, 0.25) is 0 Å². The number of hydrogen-bond donors (Lipinski definition) is 0. The zero-order chi connectivity index (χ0) is 14.3. The fourth-order valence-electron chi connectivity index (χ4n) is 2.04. The Morgan fingerprint density at radius 1 is 1.05 bits per heavy atom. The highest BCUT2D eigenvalue weighted by Gasteiger charge is 2.38. The summed E-state index contributed by atoms with van der Waals surface area (Å²) in [5.74, 6) is -2.63. The van der Waals surface area contributed by atoms with Crippen LogP contribution in [-0.2, 0) is 19.1 Å². The van der Waals surface area contributed by atoms with Crippen LogP contribution in [0.25, 0.3) is 17.0 Å². The number of esters is 2. The summed E-state index contributed by atoms with van der Waals surface area (Å²) in [6.07, 6.45) is 2.91. The lowest BCUT2D eigenvalue weighted by atomic mass is 10.1. The van der Waals surface area contributed by atoms with Gasteiger partial charge in [0.1, 0.15) is 11.2 Å². The van der Waals surface area contributed by atoms with Gasteiger partial charge >= 0.3 is 11.9 Å². The Morgan fingerprint density at radius 2 is 1.70 bits per heavy atom. The largest absolute Gasteiger partial charge is 0.464 e. The molecule has 0 amide bonds. The summed E-state index contributed by atoms with van der Waals surface area (Å²) in [6.45, 7) is 3.01. The second-order valence-corrected chi connectivity index (χ2v) is 4.92. The summed E-state index contributed by atoms with van der Waals surface area (Å²) >= 11 is 0. The number of carbonyl (C=O) groups is 2. The number of ether oxygens (including phenoxy) is 2. The Hall–Kier alpha value is -2.56. The van der Waals surface area contributed by atoms with Gasteiger partial charge in [-0.1, -0.05) is 18.2 Å². The van der Waals surface area contributed by atoms with E-state index < -0.39 is 17.7 Å². The van der Waals surface area contributed by atoms with Crippen molar-refractivity contribution in [1.29, 1.82) is 0 Å². The maximum Gasteiger partial charge on any atom is 0.348 e. The first-order valence-electron chi connectivity index (χ1n) is 6.11. The third-order valence-electron chi connectivity index (χ3n) is 2.93. The van der Waals surface area contributed by atoms with E-state index in [2.05, 4.69) is 0 Å². The molecule has 1 saturated heterocycles. The molecule has 0 atom stereocenters. The standard InChI is InChI=1S/C15H12O5/c1-15(2)19-13(16)11(14(17)20-15)7-9-8-18-12-6-4-3-5-10(9)12/h3-8H,1-2H3. The van der Waals surface area contributed by atoms with Crippen molar-refractivity contribution < 1.29 is 23.5 Å². The Kier molecular flexibility index (Phi) is 2.64. The van der Waals surface area contributed by atoms with Gasteiger partial charge in [0.25, 0.3) is 5.79 Å². The highest BCUT2D eigenvalue weighted by atomic mass is 16.7. The van der Waals surface area contributed by atoms with Crippen LogP contribution in [0.15, 0.2) is 40.5 Å². The lowest BCUT2D eigenvalue weighted by Crippen LogP contribution is -2.41. The minimum Gasteiger partial charge on any atom is -0.464 e. The lowest BCUT2D eigenvalue weighted by molar-refractivity contribution is -0.222. The van der Waals surface area contributed by atoms with Crippen molar-refractivity contribution in [2.75, 3.05) is 0 Å². The van der Waals surface area contributed by atoms with Crippen LogP contribution in [0.3, 0.4) is 0 Å². The molecule has 2 heterocycles. The van der Waals surface area contributed by atoms with Gasteiger partial charge in [0.15, 0.2) is 0 Å². The van der Waals surface area contributed by atoms with Gasteiger partial charge in [-0.05, 0) is 12.1 Å². The van der Waals surface area contributed by atoms with Gasteiger partial charge in [-0.2, -0.15) is 0 Å². The molecular weight excluding hydrogens is 260 g/mol. The quantitative estimate of drug-likeness (QED) is 0.453. The molecule has 20 heavy (non-hydrogen) atoms. The maximum absolute atomic E-state index is 11.9. The number of furan rings is 1. The molecular formula is C15H12O5. The Balaban J connectivity index is 2.04. The third-order valence-corrected chi connectivity index (χ3v) is 2.93. The minimum absolute atomic E-state index is 0.143. The predicted molar refractivity (Wildman–Crippen MR) is 70.5 cm³/mol. The van der Waals surface area contributed by atoms with E-state index in [1.165, 1.54) is 26.2 Å². The van der Waals surface area contributed by atoms with Crippen LogP contribution in [0, 0.1) is 0 Å². The summed E-state index contributed by atoms with van der Waals surface area (Å²) in [4.78, 5) is 23.7. The highest BCUT2D eigenvalue weighted by molar-refractivity contribution is 6.19. The first kappa shape index (κ1) is 12.5. The zero-order valence-electron chi connectivity index (χ0n) is 11.0. The molecule has 1 aromatic heterocycles. The van der Waals surface area contributed by atoms with Gasteiger partial charge in [0, 0.05) is 24.8 Å². The first-order chi connectivity index (χ1) is 9.46. The molecule has 1 aromatic carbocycles. The predicted octanol–water partition coefficient (Wildman–Crippen LogP) is 2.65. The van der Waals surface area contributed by atoms with Crippen LogP contribution in [0.1, 0.15) is 19.4 Å². The molecule has 1 fully saturated rings. The Morgan fingerprint density at radius 3 is 2.40 bits per heavy atom. The van der Waals surface area contributed by atoms with Crippen molar-refractivity contribution in [1.82, 2.24) is 0 Å². The van der Waals surface area contributed by atoms with E-state index in [1.807, 2.05) is 18.2 Å². The molecule has 0 aliphatic carbocycles. The highest BCUT2D eigenvalue weighted by Crippen LogP contribution is 2.27. The van der Waals surface area contributed by atoms with Crippen LogP contribution in [0.4, 0.5) is 0 Å². The summed E-state index contributed by atoms with van der Waals surface area (Å²) in [7, 11) is 0. The molecule has 0 unspecified atom stereocenters. The molecule has 0 bridgehead atoms. The van der Waals surface area contributed by atoms with Crippen LogP contribution in [0.2, 0.25) is 0 Å². The molecule has 102 valence electrons. The van der Waals surface area contributed by atoms with Gasteiger partial charge < -0.3 is 13.9 Å². The van der Waals surface area contributed by atoms with Crippen molar-refractivity contribution in [3.05, 3.63) is 41.7 Å². The second kappa shape index (κ2) is 4.23. The third kappa shape index (κ3) is 2.07.